The van der Waals surface area contributed by atoms with Crippen molar-refractivity contribution in [3.63, 3.8) is 0 Å². The average molecular weight is 287 g/mol. The van der Waals surface area contributed by atoms with E-state index in [-0.39, 0.29) is 12.6 Å². The lowest BCUT2D eigenvalue weighted by Gasteiger charge is -2.22. The first-order chi connectivity index (χ1) is 10.1. The molecule has 1 aliphatic heterocycles. The number of imidazole rings is 1. The minimum atomic E-state index is -0.499. The molecule has 1 saturated heterocycles. The Hall–Kier alpha value is -2.57. The number of rotatable bonds is 3. The lowest BCUT2D eigenvalue weighted by atomic mass is 10.2. The monoisotopic (exact) mass is 287 g/mol. The average Bonchev–Trinajstić information content (AvgIpc) is 3.10. The fourth-order valence-corrected chi connectivity index (χ4v) is 2.66. The van der Waals surface area contributed by atoms with Gasteiger partial charge in [-0.15, -0.1) is 0 Å². The SMILES string of the molecule is NC(=O)[C@@H]1CCCN1C(=O)NCc1nc2ccccc2[nH]1. The summed E-state index contributed by atoms with van der Waals surface area (Å²) in [4.78, 5) is 32.4. The Morgan fingerprint density at radius 3 is 3.00 bits per heavy atom. The van der Waals surface area contributed by atoms with Gasteiger partial charge in [0, 0.05) is 6.54 Å². The van der Waals surface area contributed by atoms with Gasteiger partial charge in [-0.1, -0.05) is 12.1 Å². The summed E-state index contributed by atoms with van der Waals surface area (Å²) in [5.41, 5.74) is 7.09. The molecule has 0 saturated carbocycles. The number of nitrogens with one attached hydrogen (secondary N) is 2. The first-order valence-corrected chi connectivity index (χ1v) is 6.92. The van der Waals surface area contributed by atoms with E-state index in [2.05, 4.69) is 15.3 Å². The largest absolute Gasteiger partial charge is 0.368 e. The van der Waals surface area contributed by atoms with Crippen LogP contribution in [0.4, 0.5) is 4.79 Å². The Bertz CT molecular complexity index is 648. The maximum Gasteiger partial charge on any atom is 0.318 e. The molecule has 1 atom stereocenters. The molecule has 1 aromatic heterocycles. The number of primary amides is 1. The molecule has 7 heteroatoms. The minimum absolute atomic E-state index is 0.281. The number of fused-ring (bicyclic) bond motifs is 1. The van der Waals surface area contributed by atoms with E-state index in [1.54, 1.807) is 0 Å². The van der Waals surface area contributed by atoms with Crippen LogP contribution >= 0.6 is 0 Å². The third kappa shape index (κ3) is 2.67. The molecule has 1 aliphatic rings. The van der Waals surface area contributed by atoms with Crippen LogP contribution in [0.25, 0.3) is 11.0 Å². The molecule has 1 aromatic carbocycles. The van der Waals surface area contributed by atoms with Gasteiger partial charge in [0.25, 0.3) is 0 Å². The van der Waals surface area contributed by atoms with Gasteiger partial charge in [-0.2, -0.15) is 0 Å². The van der Waals surface area contributed by atoms with Crippen LogP contribution in [0.5, 0.6) is 0 Å². The zero-order valence-electron chi connectivity index (χ0n) is 11.5. The molecule has 7 nitrogen and oxygen atoms in total. The highest BCUT2D eigenvalue weighted by molar-refractivity contribution is 5.86. The predicted molar refractivity (Wildman–Crippen MR) is 77.3 cm³/mol. The number of aromatic nitrogens is 2. The first kappa shape index (κ1) is 13.4. The highest BCUT2D eigenvalue weighted by atomic mass is 16.2. The Kier molecular flexibility index (Phi) is 3.47. The second kappa shape index (κ2) is 5.43. The van der Waals surface area contributed by atoms with Gasteiger partial charge >= 0.3 is 6.03 Å². The molecular weight excluding hydrogens is 270 g/mol. The van der Waals surface area contributed by atoms with Crippen LogP contribution in [-0.2, 0) is 11.3 Å². The number of urea groups is 1. The van der Waals surface area contributed by atoms with Crippen LogP contribution in [0.3, 0.4) is 0 Å². The van der Waals surface area contributed by atoms with E-state index < -0.39 is 11.9 Å². The number of hydrogen-bond acceptors (Lipinski definition) is 3. The van der Waals surface area contributed by atoms with Gasteiger partial charge in [0.05, 0.1) is 17.6 Å². The van der Waals surface area contributed by atoms with E-state index in [9.17, 15) is 9.59 Å². The molecule has 0 unspecified atom stereocenters. The smallest absolute Gasteiger partial charge is 0.318 e. The van der Waals surface area contributed by atoms with Crippen molar-refractivity contribution in [1.29, 1.82) is 0 Å². The molecule has 4 N–H and O–H groups in total. The second-order valence-electron chi connectivity index (χ2n) is 5.11. The highest BCUT2D eigenvalue weighted by Gasteiger charge is 2.32. The van der Waals surface area contributed by atoms with E-state index in [1.807, 2.05) is 24.3 Å². The van der Waals surface area contributed by atoms with Gasteiger partial charge in [0.1, 0.15) is 11.9 Å². The third-order valence-electron chi connectivity index (χ3n) is 3.69. The van der Waals surface area contributed by atoms with Crippen molar-refractivity contribution in [2.24, 2.45) is 5.73 Å². The summed E-state index contributed by atoms with van der Waals surface area (Å²) in [5, 5.41) is 2.77. The predicted octanol–water partition coefficient (Wildman–Crippen LogP) is 0.722. The van der Waals surface area contributed by atoms with E-state index in [4.69, 9.17) is 5.73 Å². The van der Waals surface area contributed by atoms with Gasteiger partial charge in [-0.3, -0.25) is 4.79 Å². The van der Waals surface area contributed by atoms with E-state index in [1.165, 1.54) is 4.90 Å². The van der Waals surface area contributed by atoms with Crippen molar-refractivity contribution in [3.05, 3.63) is 30.1 Å². The molecule has 0 aliphatic carbocycles. The number of nitrogens with two attached hydrogens (primary N) is 1. The Balaban J connectivity index is 1.64. The number of carbonyl (C=O) groups excluding carboxylic acids is 2. The van der Waals surface area contributed by atoms with Crippen molar-refractivity contribution in [3.8, 4) is 0 Å². The molecule has 3 amide bonds. The number of aromatic amines is 1. The van der Waals surface area contributed by atoms with Crippen LogP contribution in [-0.4, -0.2) is 39.4 Å². The van der Waals surface area contributed by atoms with Gasteiger partial charge in [0.2, 0.25) is 5.91 Å². The number of para-hydroxylation sites is 2. The number of H-pyrrole nitrogens is 1. The lowest BCUT2D eigenvalue weighted by Crippen LogP contribution is -2.47. The Labute approximate surface area is 121 Å². The summed E-state index contributed by atoms with van der Waals surface area (Å²) in [7, 11) is 0. The molecule has 3 rings (SSSR count). The maximum atomic E-state index is 12.1. The number of likely N-dealkylation sites (tertiary alicyclic amines) is 1. The topological polar surface area (TPSA) is 104 Å². The summed E-state index contributed by atoms with van der Waals surface area (Å²) in [6.07, 6.45) is 1.43. The van der Waals surface area contributed by atoms with Crippen molar-refractivity contribution in [2.75, 3.05) is 6.54 Å². The first-order valence-electron chi connectivity index (χ1n) is 6.92. The highest BCUT2D eigenvalue weighted by Crippen LogP contribution is 2.17. The van der Waals surface area contributed by atoms with Crippen molar-refractivity contribution in [2.45, 2.75) is 25.4 Å². The van der Waals surface area contributed by atoms with Crippen LogP contribution in [0, 0.1) is 0 Å². The summed E-state index contributed by atoms with van der Waals surface area (Å²) in [6, 6.07) is 6.88. The fourth-order valence-electron chi connectivity index (χ4n) is 2.66. The van der Waals surface area contributed by atoms with Crippen LogP contribution < -0.4 is 11.1 Å². The normalized spacial score (nSPS) is 18.1. The standard InChI is InChI=1S/C14H17N5O2/c15-13(20)11-6-3-7-19(11)14(21)16-8-12-17-9-4-1-2-5-10(9)18-12/h1-2,4-5,11H,3,6-8H2,(H2,15,20)(H,16,21)(H,17,18)/t11-/m0/s1. The van der Waals surface area contributed by atoms with Gasteiger partial charge < -0.3 is 20.9 Å². The molecule has 0 bridgehead atoms. The summed E-state index contributed by atoms with van der Waals surface area (Å²) >= 11 is 0. The third-order valence-corrected chi connectivity index (χ3v) is 3.69. The Morgan fingerprint density at radius 2 is 2.24 bits per heavy atom. The van der Waals surface area contributed by atoms with Crippen molar-refractivity contribution < 1.29 is 9.59 Å². The van der Waals surface area contributed by atoms with Crippen molar-refractivity contribution in [1.82, 2.24) is 20.2 Å². The number of carbonyl (C=O) groups is 2. The van der Waals surface area contributed by atoms with Crippen LogP contribution in [0.15, 0.2) is 24.3 Å². The molecule has 2 heterocycles. The molecule has 21 heavy (non-hydrogen) atoms. The lowest BCUT2D eigenvalue weighted by molar-refractivity contribution is -0.121. The van der Waals surface area contributed by atoms with Gasteiger partial charge in [-0.25, -0.2) is 9.78 Å². The molecule has 2 aromatic rings. The molecular formula is C14H17N5O2. The fraction of sp³-hybridized carbons (Fsp3) is 0.357. The molecule has 0 radical (unpaired) electrons. The summed E-state index contributed by atoms with van der Waals surface area (Å²) in [6.45, 7) is 0.842. The number of amides is 3. The summed E-state index contributed by atoms with van der Waals surface area (Å²) in [5.74, 6) is 0.228. The molecule has 1 fully saturated rings. The van der Waals surface area contributed by atoms with E-state index in [0.29, 0.717) is 18.8 Å². The summed E-state index contributed by atoms with van der Waals surface area (Å²) < 4.78 is 0. The quantitative estimate of drug-likeness (QED) is 0.774. The van der Waals surface area contributed by atoms with Crippen LogP contribution in [0.1, 0.15) is 18.7 Å². The van der Waals surface area contributed by atoms with Crippen molar-refractivity contribution >= 4 is 23.0 Å². The zero-order chi connectivity index (χ0) is 14.8. The minimum Gasteiger partial charge on any atom is -0.368 e. The molecule has 0 spiro atoms. The number of benzene rings is 1. The number of nitrogens with zero attached hydrogens (tertiary/aromatic N) is 2. The van der Waals surface area contributed by atoms with E-state index in [0.717, 1.165) is 17.5 Å². The molecule has 110 valence electrons. The van der Waals surface area contributed by atoms with E-state index >= 15 is 0 Å². The Morgan fingerprint density at radius 1 is 1.43 bits per heavy atom. The zero-order valence-corrected chi connectivity index (χ0v) is 11.5. The van der Waals surface area contributed by atoms with Gasteiger partial charge in [0.15, 0.2) is 0 Å². The van der Waals surface area contributed by atoms with Crippen LogP contribution in [0.2, 0.25) is 0 Å². The van der Waals surface area contributed by atoms with Gasteiger partial charge in [-0.05, 0) is 25.0 Å². The second-order valence-corrected chi connectivity index (χ2v) is 5.11. The number of hydrogen-bond donors (Lipinski definition) is 3. The maximum absolute atomic E-state index is 12.1.